The number of benzene rings is 1. The summed E-state index contributed by atoms with van der Waals surface area (Å²) in [5.74, 6) is -7.05. The quantitative estimate of drug-likeness (QED) is 0.201. The highest BCUT2D eigenvalue weighted by Crippen LogP contribution is 2.51. The Morgan fingerprint density at radius 2 is 1.52 bits per heavy atom. The van der Waals surface area contributed by atoms with Crippen LogP contribution in [-0.2, 0) is 23.9 Å². The number of phenolic OH excluding ortho intramolecular Hbond substituents is 2. The number of esters is 3. The van der Waals surface area contributed by atoms with Crippen molar-refractivity contribution < 1.29 is 43.7 Å². The highest BCUT2D eigenvalue weighted by Gasteiger charge is 2.43. The van der Waals surface area contributed by atoms with E-state index in [1.54, 1.807) is 0 Å². The SMILES string of the molecule is COC(=O)C1=C(C)NC(C)=C(C(=O)OC)C1c1cc(OC(C)=O)c(O)c(O)c1[N+](=O)[O-]. The average molecular weight is 436 g/mol. The average Bonchev–Trinajstić information content (AvgIpc) is 2.68. The van der Waals surface area contributed by atoms with Crippen LogP contribution in [0.5, 0.6) is 17.2 Å². The summed E-state index contributed by atoms with van der Waals surface area (Å²) in [5.41, 5.74) is -1.33. The third-order valence-electron chi connectivity index (χ3n) is 4.56. The monoisotopic (exact) mass is 436 g/mol. The number of nitro benzene ring substituents is 1. The zero-order valence-corrected chi connectivity index (χ0v) is 17.3. The van der Waals surface area contributed by atoms with Crippen molar-refractivity contribution >= 4 is 23.6 Å². The number of methoxy groups -OCH3 is 2. The van der Waals surface area contributed by atoms with Crippen molar-refractivity contribution in [2.24, 2.45) is 0 Å². The maximum absolute atomic E-state index is 12.6. The van der Waals surface area contributed by atoms with Crippen molar-refractivity contribution in [3.05, 3.63) is 44.3 Å². The van der Waals surface area contributed by atoms with Gasteiger partial charge in [-0.25, -0.2) is 9.59 Å². The first-order valence-corrected chi connectivity index (χ1v) is 8.72. The molecule has 1 aliphatic heterocycles. The van der Waals surface area contributed by atoms with Crippen LogP contribution < -0.4 is 10.1 Å². The third kappa shape index (κ3) is 4.13. The summed E-state index contributed by atoms with van der Waals surface area (Å²) >= 11 is 0. The molecule has 0 spiro atoms. The van der Waals surface area contributed by atoms with Crippen LogP contribution >= 0.6 is 0 Å². The number of carbonyl (C=O) groups excluding carboxylic acids is 3. The lowest BCUT2D eigenvalue weighted by atomic mass is 9.79. The molecule has 1 heterocycles. The van der Waals surface area contributed by atoms with Gasteiger partial charge in [0.05, 0.1) is 41.8 Å². The molecule has 0 amide bonds. The van der Waals surface area contributed by atoms with E-state index < -0.39 is 57.2 Å². The number of rotatable bonds is 5. The van der Waals surface area contributed by atoms with Gasteiger partial charge in [-0.1, -0.05) is 0 Å². The first-order chi connectivity index (χ1) is 14.5. The lowest BCUT2D eigenvalue weighted by molar-refractivity contribution is -0.386. The number of carbonyl (C=O) groups is 3. The molecule has 0 saturated heterocycles. The summed E-state index contributed by atoms with van der Waals surface area (Å²) in [6.45, 7) is 3.97. The number of ether oxygens (including phenoxy) is 3. The normalized spacial score (nSPS) is 14.1. The summed E-state index contributed by atoms with van der Waals surface area (Å²) < 4.78 is 14.4. The van der Waals surface area contributed by atoms with E-state index in [0.29, 0.717) is 0 Å². The second-order valence-corrected chi connectivity index (χ2v) is 6.48. The first-order valence-electron chi connectivity index (χ1n) is 8.72. The van der Waals surface area contributed by atoms with Gasteiger partial charge in [0.15, 0.2) is 5.75 Å². The topological polar surface area (TPSA) is 175 Å². The molecule has 2 rings (SSSR count). The lowest BCUT2D eigenvalue weighted by Gasteiger charge is -2.30. The van der Waals surface area contributed by atoms with E-state index in [4.69, 9.17) is 14.2 Å². The zero-order chi connectivity index (χ0) is 23.6. The molecule has 0 fully saturated rings. The number of allylic oxidation sites excluding steroid dienone is 2. The molecule has 3 N–H and O–H groups in total. The number of phenols is 2. The second kappa shape index (κ2) is 8.73. The minimum Gasteiger partial charge on any atom is -0.502 e. The van der Waals surface area contributed by atoms with Gasteiger partial charge in [-0.2, -0.15) is 0 Å². The van der Waals surface area contributed by atoms with Gasteiger partial charge in [0.2, 0.25) is 11.5 Å². The van der Waals surface area contributed by atoms with Crippen LogP contribution in [0.15, 0.2) is 28.6 Å². The van der Waals surface area contributed by atoms with Gasteiger partial charge >= 0.3 is 23.6 Å². The molecule has 0 radical (unpaired) electrons. The van der Waals surface area contributed by atoms with Gasteiger partial charge in [0, 0.05) is 18.3 Å². The van der Waals surface area contributed by atoms with Crippen LogP contribution in [0.1, 0.15) is 32.3 Å². The third-order valence-corrected chi connectivity index (χ3v) is 4.56. The summed E-state index contributed by atoms with van der Waals surface area (Å²) in [6.07, 6.45) is 0. The summed E-state index contributed by atoms with van der Waals surface area (Å²) in [4.78, 5) is 47.3. The Bertz CT molecular complexity index is 1020. The predicted octanol–water partition coefficient (Wildman–Crippen LogP) is 1.51. The number of nitro groups is 1. The predicted molar refractivity (Wildman–Crippen MR) is 103 cm³/mol. The molecule has 0 atom stereocenters. The van der Waals surface area contributed by atoms with Crippen molar-refractivity contribution in [3.63, 3.8) is 0 Å². The standard InChI is InChI=1S/C19H20N2O10/c1-7-12(18(25)29-4)14(13(8(2)20-7)19(26)30-5)10-6-11(31-9(3)22)16(23)17(24)15(10)21(27)28/h6,14,20,23-24H,1-5H3. The highest BCUT2D eigenvalue weighted by atomic mass is 16.6. The van der Waals surface area contributed by atoms with Crippen molar-refractivity contribution in [3.8, 4) is 17.2 Å². The van der Waals surface area contributed by atoms with Crippen LogP contribution in [0.2, 0.25) is 0 Å². The van der Waals surface area contributed by atoms with Crippen molar-refractivity contribution in [2.45, 2.75) is 26.7 Å². The maximum Gasteiger partial charge on any atom is 0.336 e. The minimum absolute atomic E-state index is 0.185. The molecule has 0 unspecified atom stereocenters. The van der Waals surface area contributed by atoms with Gasteiger partial charge in [-0.3, -0.25) is 14.9 Å². The Hall–Kier alpha value is -4.09. The van der Waals surface area contributed by atoms with E-state index >= 15 is 0 Å². The Kier molecular flexibility index (Phi) is 6.53. The van der Waals surface area contributed by atoms with Crippen molar-refractivity contribution in [2.75, 3.05) is 14.2 Å². The highest BCUT2D eigenvalue weighted by molar-refractivity contribution is 6.00. The molecule has 1 aromatic carbocycles. The fourth-order valence-electron chi connectivity index (χ4n) is 3.35. The fraction of sp³-hybridized carbons (Fsp3) is 0.316. The number of nitrogens with one attached hydrogen (secondary N) is 1. The lowest BCUT2D eigenvalue weighted by Crippen LogP contribution is -2.32. The van der Waals surface area contributed by atoms with Crippen LogP contribution in [0, 0.1) is 10.1 Å². The molecule has 1 aromatic rings. The molecule has 31 heavy (non-hydrogen) atoms. The molecular weight excluding hydrogens is 416 g/mol. The number of hydrogen-bond acceptors (Lipinski definition) is 11. The molecule has 12 heteroatoms. The van der Waals surface area contributed by atoms with E-state index in [1.165, 1.54) is 13.8 Å². The van der Waals surface area contributed by atoms with Gasteiger partial charge in [-0.15, -0.1) is 0 Å². The molecular formula is C19H20N2O10. The van der Waals surface area contributed by atoms with E-state index in [0.717, 1.165) is 27.2 Å². The summed E-state index contributed by atoms with van der Waals surface area (Å²) in [6, 6.07) is 0.900. The van der Waals surface area contributed by atoms with Gasteiger partial charge in [-0.05, 0) is 19.9 Å². The van der Waals surface area contributed by atoms with E-state index in [1.807, 2.05) is 0 Å². The molecule has 0 aromatic heterocycles. The summed E-state index contributed by atoms with van der Waals surface area (Å²) in [7, 11) is 2.16. The van der Waals surface area contributed by atoms with Gasteiger partial charge in [0.25, 0.3) is 0 Å². The molecule has 12 nitrogen and oxygen atoms in total. The maximum atomic E-state index is 12.6. The number of aromatic hydroxyl groups is 2. The van der Waals surface area contributed by atoms with Gasteiger partial charge < -0.3 is 29.7 Å². The zero-order valence-electron chi connectivity index (χ0n) is 17.3. The summed E-state index contributed by atoms with van der Waals surface area (Å²) in [5, 5.41) is 35.0. The Morgan fingerprint density at radius 1 is 1.03 bits per heavy atom. The van der Waals surface area contributed by atoms with Crippen LogP contribution in [0.3, 0.4) is 0 Å². The number of hydrogen-bond donors (Lipinski definition) is 3. The minimum atomic E-state index is -1.46. The molecule has 166 valence electrons. The largest absolute Gasteiger partial charge is 0.502 e. The van der Waals surface area contributed by atoms with Crippen molar-refractivity contribution in [1.29, 1.82) is 0 Å². The fourth-order valence-corrected chi connectivity index (χ4v) is 3.35. The second-order valence-electron chi connectivity index (χ2n) is 6.48. The number of nitrogens with zero attached hydrogens (tertiary/aromatic N) is 1. The van der Waals surface area contributed by atoms with Crippen LogP contribution in [0.4, 0.5) is 5.69 Å². The molecule has 0 aliphatic carbocycles. The molecule has 0 bridgehead atoms. The van der Waals surface area contributed by atoms with Crippen LogP contribution in [0.25, 0.3) is 0 Å². The number of dihydropyridines is 1. The Morgan fingerprint density at radius 3 is 1.90 bits per heavy atom. The molecule has 1 aliphatic rings. The van der Waals surface area contributed by atoms with Crippen LogP contribution in [-0.4, -0.2) is 47.3 Å². The van der Waals surface area contributed by atoms with Crippen molar-refractivity contribution in [1.82, 2.24) is 5.32 Å². The van der Waals surface area contributed by atoms with E-state index in [2.05, 4.69) is 5.32 Å². The van der Waals surface area contributed by atoms with Gasteiger partial charge in [0.1, 0.15) is 0 Å². The van der Waals surface area contributed by atoms with E-state index in [9.17, 15) is 34.7 Å². The first kappa shape index (κ1) is 23.2. The Labute approximate surface area is 175 Å². The Balaban J connectivity index is 3.01. The molecule has 0 saturated carbocycles. The smallest absolute Gasteiger partial charge is 0.336 e. The van der Waals surface area contributed by atoms with E-state index in [-0.39, 0.29) is 22.5 Å².